The first-order valence-electron chi connectivity index (χ1n) is 6.58. The minimum atomic E-state index is 0.500. The third-order valence-electron chi connectivity index (χ3n) is 3.47. The number of rotatable bonds is 2. The summed E-state index contributed by atoms with van der Waals surface area (Å²) in [5, 5.41) is 5.21. The molecule has 1 nitrogen and oxygen atoms in total. The Kier molecular flexibility index (Phi) is 5.47. The van der Waals surface area contributed by atoms with Crippen LogP contribution >= 0.6 is 34.8 Å². The van der Waals surface area contributed by atoms with Crippen LogP contribution in [0.3, 0.4) is 0 Å². The Labute approximate surface area is 124 Å². The highest BCUT2D eigenvalue weighted by Gasteiger charge is 2.13. The quantitative estimate of drug-likeness (QED) is 0.644. The van der Waals surface area contributed by atoms with Gasteiger partial charge in [-0.2, -0.15) is 0 Å². The molecule has 1 aromatic carbocycles. The van der Waals surface area contributed by atoms with Crippen molar-refractivity contribution in [3.63, 3.8) is 0 Å². The van der Waals surface area contributed by atoms with E-state index in [9.17, 15) is 0 Å². The van der Waals surface area contributed by atoms with Crippen LogP contribution in [0.25, 0.3) is 0 Å². The monoisotopic (exact) mass is 305 g/mol. The van der Waals surface area contributed by atoms with E-state index in [1.165, 1.54) is 44.9 Å². The molecule has 0 radical (unpaired) electrons. The first-order valence-corrected chi connectivity index (χ1v) is 7.71. The molecule has 1 aromatic rings. The summed E-state index contributed by atoms with van der Waals surface area (Å²) in [6.45, 7) is 0. The summed E-state index contributed by atoms with van der Waals surface area (Å²) in [6, 6.07) is 4.03. The highest BCUT2D eigenvalue weighted by molar-refractivity contribution is 6.44. The summed E-state index contributed by atoms with van der Waals surface area (Å²) in [6.07, 6.45) is 9.04. The average molecular weight is 307 g/mol. The van der Waals surface area contributed by atoms with E-state index in [4.69, 9.17) is 34.8 Å². The summed E-state index contributed by atoms with van der Waals surface area (Å²) in [7, 11) is 0. The largest absolute Gasteiger partial charge is 0.381 e. The van der Waals surface area contributed by atoms with Crippen LogP contribution in [0.5, 0.6) is 0 Å². The zero-order valence-corrected chi connectivity index (χ0v) is 12.6. The number of hydrogen-bond donors (Lipinski definition) is 1. The molecule has 1 N–H and O–H groups in total. The first-order chi connectivity index (χ1) is 8.66. The number of benzene rings is 1. The van der Waals surface area contributed by atoms with E-state index in [1.807, 2.05) is 6.07 Å². The number of hydrogen-bond acceptors (Lipinski definition) is 1. The molecule has 0 atom stereocenters. The molecule has 0 aliphatic heterocycles. The minimum Gasteiger partial charge on any atom is -0.381 e. The lowest BCUT2D eigenvalue weighted by Crippen LogP contribution is -2.20. The predicted molar refractivity (Wildman–Crippen MR) is 81.2 cm³/mol. The van der Waals surface area contributed by atoms with Crippen LogP contribution in [-0.4, -0.2) is 6.04 Å². The SMILES string of the molecule is Clc1cc(Cl)c(NC2CCCCCCC2)cc1Cl. The molecule has 18 heavy (non-hydrogen) atoms. The molecule has 1 fully saturated rings. The van der Waals surface area contributed by atoms with E-state index in [2.05, 4.69) is 5.32 Å². The van der Waals surface area contributed by atoms with Crippen molar-refractivity contribution in [1.82, 2.24) is 0 Å². The summed E-state index contributed by atoms with van der Waals surface area (Å²) in [5.74, 6) is 0. The molecule has 0 aromatic heterocycles. The Hall–Kier alpha value is -0.110. The molecule has 0 bridgehead atoms. The molecule has 4 heteroatoms. The van der Waals surface area contributed by atoms with Crippen LogP contribution in [0.4, 0.5) is 5.69 Å². The van der Waals surface area contributed by atoms with Crippen LogP contribution in [0, 0.1) is 0 Å². The summed E-state index contributed by atoms with van der Waals surface area (Å²) in [5.41, 5.74) is 0.900. The Morgan fingerprint density at radius 1 is 0.778 bits per heavy atom. The Balaban J connectivity index is 2.05. The van der Waals surface area contributed by atoms with Gasteiger partial charge < -0.3 is 5.32 Å². The van der Waals surface area contributed by atoms with Gasteiger partial charge in [0.15, 0.2) is 0 Å². The lowest BCUT2D eigenvalue weighted by molar-refractivity contribution is 0.471. The van der Waals surface area contributed by atoms with Crippen molar-refractivity contribution >= 4 is 40.5 Å². The van der Waals surface area contributed by atoms with Gasteiger partial charge >= 0.3 is 0 Å². The van der Waals surface area contributed by atoms with Crippen molar-refractivity contribution in [2.75, 3.05) is 5.32 Å². The lowest BCUT2D eigenvalue weighted by Gasteiger charge is -2.23. The number of nitrogens with one attached hydrogen (secondary N) is 1. The van der Waals surface area contributed by atoms with Crippen LogP contribution in [0.15, 0.2) is 12.1 Å². The molecule has 0 spiro atoms. The van der Waals surface area contributed by atoms with Crippen molar-refractivity contribution in [2.45, 2.75) is 51.0 Å². The van der Waals surface area contributed by atoms with Crippen LogP contribution in [0.1, 0.15) is 44.9 Å². The topological polar surface area (TPSA) is 12.0 Å². The van der Waals surface area contributed by atoms with Gasteiger partial charge in [0.1, 0.15) is 0 Å². The van der Waals surface area contributed by atoms with E-state index in [1.54, 1.807) is 6.07 Å². The summed E-state index contributed by atoms with van der Waals surface area (Å²) >= 11 is 18.2. The minimum absolute atomic E-state index is 0.500. The van der Waals surface area contributed by atoms with Crippen molar-refractivity contribution in [3.05, 3.63) is 27.2 Å². The maximum atomic E-state index is 6.19. The van der Waals surface area contributed by atoms with Gasteiger partial charge in [0.25, 0.3) is 0 Å². The van der Waals surface area contributed by atoms with Crippen molar-refractivity contribution < 1.29 is 0 Å². The van der Waals surface area contributed by atoms with Crippen molar-refractivity contribution in [3.8, 4) is 0 Å². The number of anilines is 1. The summed E-state index contributed by atoms with van der Waals surface area (Å²) < 4.78 is 0. The van der Waals surface area contributed by atoms with Crippen molar-refractivity contribution in [1.29, 1.82) is 0 Å². The van der Waals surface area contributed by atoms with Gasteiger partial charge in [-0.15, -0.1) is 0 Å². The molecule has 1 aliphatic carbocycles. The Morgan fingerprint density at radius 2 is 1.33 bits per heavy atom. The zero-order valence-electron chi connectivity index (χ0n) is 10.3. The van der Waals surface area contributed by atoms with Gasteiger partial charge in [0.2, 0.25) is 0 Å². The summed E-state index contributed by atoms with van der Waals surface area (Å²) in [4.78, 5) is 0. The average Bonchev–Trinajstić information content (AvgIpc) is 2.29. The Bertz CT molecular complexity index is 398. The molecule has 0 saturated heterocycles. The normalized spacial score (nSPS) is 18.2. The number of halogens is 3. The van der Waals surface area contributed by atoms with Crippen LogP contribution < -0.4 is 5.32 Å². The predicted octanol–water partition coefficient (Wildman–Crippen LogP) is 6.17. The van der Waals surface area contributed by atoms with E-state index < -0.39 is 0 Å². The maximum Gasteiger partial charge on any atom is 0.0653 e. The highest BCUT2D eigenvalue weighted by Crippen LogP contribution is 2.33. The molecular formula is C14H18Cl3N. The van der Waals surface area contributed by atoms with E-state index in [0.717, 1.165) is 5.69 Å². The molecule has 0 unspecified atom stereocenters. The fourth-order valence-corrected chi connectivity index (χ4v) is 3.05. The van der Waals surface area contributed by atoms with Gasteiger partial charge in [-0.05, 0) is 25.0 Å². The zero-order chi connectivity index (χ0) is 13.0. The molecule has 100 valence electrons. The molecule has 1 aliphatic rings. The Morgan fingerprint density at radius 3 is 2.00 bits per heavy atom. The second-order valence-corrected chi connectivity index (χ2v) is 6.15. The van der Waals surface area contributed by atoms with Crippen molar-refractivity contribution in [2.24, 2.45) is 0 Å². The maximum absolute atomic E-state index is 6.19. The fraction of sp³-hybridized carbons (Fsp3) is 0.571. The lowest BCUT2D eigenvalue weighted by atomic mass is 9.96. The van der Waals surface area contributed by atoms with Gasteiger partial charge in [-0.3, -0.25) is 0 Å². The molecule has 1 saturated carbocycles. The second-order valence-electron chi connectivity index (χ2n) is 4.93. The third kappa shape index (κ3) is 3.94. The first kappa shape index (κ1) is 14.3. The second kappa shape index (κ2) is 6.88. The molecule has 2 rings (SSSR count). The fourth-order valence-electron chi connectivity index (χ4n) is 2.45. The highest BCUT2D eigenvalue weighted by atomic mass is 35.5. The van der Waals surface area contributed by atoms with E-state index in [-0.39, 0.29) is 0 Å². The molecular weight excluding hydrogens is 289 g/mol. The van der Waals surface area contributed by atoms with E-state index >= 15 is 0 Å². The van der Waals surface area contributed by atoms with Gasteiger partial charge in [-0.1, -0.05) is 66.9 Å². The van der Waals surface area contributed by atoms with E-state index in [0.29, 0.717) is 21.1 Å². The van der Waals surface area contributed by atoms with Crippen LogP contribution in [0.2, 0.25) is 15.1 Å². The van der Waals surface area contributed by atoms with Gasteiger partial charge in [0, 0.05) is 6.04 Å². The molecule has 0 heterocycles. The third-order valence-corrected chi connectivity index (χ3v) is 4.51. The van der Waals surface area contributed by atoms with Gasteiger partial charge in [-0.25, -0.2) is 0 Å². The smallest absolute Gasteiger partial charge is 0.0653 e. The van der Waals surface area contributed by atoms with Gasteiger partial charge in [0.05, 0.1) is 20.8 Å². The standard InChI is InChI=1S/C14H18Cl3N/c15-11-8-13(17)14(9-12(11)16)18-10-6-4-2-1-3-5-7-10/h8-10,18H,1-7H2. The molecule has 0 amide bonds. The van der Waals surface area contributed by atoms with Crippen LogP contribution in [-0.2, 0) is 0 Å².